The molecule has 3 rings (SSSR count). The number of nitrogens with two attached hydrogens (primary N) is 1. The summed E-state index contributed by atoms with van der Waals surface area (Å²) in [6.07, 6.45) is 5.34. The zero-order valence-electron chi connectivity index (χ0n) is 18.6. The fourth-order valence-corrected chi connectivity index (χ4v) is 4.34. The molecule has 1 atom stereocenters. The van der Waals surface area contributed by atoms with E-state index in [4.69, 9.17) is 5.84 Å². The van der Waals surface area contributed by atoms with Crippen LogP contribution in [-0.4, -0.2) is 38.1 Å². The first-order valence-corrected chi connectivity index (χ1v) is 11.6. The molecule has 1 fully saturated rings. The molecule has 1 aliphatic carbocycles. The largest absolute Gasteiger partial charge is 0.335 e. The zero-order valence-corrected chi connectivity index (χ0v) is 19.5. The van der Waals surface area contributed by atoms with Gasteiger partial charge in [-0.05, 0) is 30.7 Å². The molecule has 1 aromatic carbocycles. The van der Waals surface area contributed by atoms with Crippen LogP contribution in [0.25, 0.3) is 11.4 Å². The Morgan fingerprint density at radius 3 is 2.39 bits per heavy atom. The maximum Gasteiger partial charge on any atom is 0.321 e. The number of thioether (sulfide) groups is 1. The van der Waals surface area contributed by atoms with Crippen molar-refractivity contribution < 1.29 is 9.59 Å². The molecule has 8 nitrogen and oxygen atoms in total. The first kappa shape index (κ1) is 23.1. The van der Waals surface area contributed by atoms with Crippen LogP contribution in [0, 0.1) is 0 Å². The lowest BCUT2D eigenvalue weighted by atomic mass is 9.87. The highest BCUT2D eigenvalue weighted by molar-refractivity contribution is 8.00. The maximum absolute atomic E-state index is 12.4. The summed E-state index contributed by atoms with van der Waals surface area (Å²) in [5, 5.41) is 13.5. The molecular formula is C22H32N6O2S. The first-order chi connectivity index (χ1) is 14.6. The normalized spacial score (nSPS) is 16.0. The molecule has 0 radical (unpaired) electrons. The van der Waals surface area contributed by atoms with Gasteiger partial charge in [-0.15, -0.1) is 10.2 Å². The first-order valence-electron chi connectivity index (χ1n) is 10.7. The number of nitrogen functional groups attached to an aromatic ring is 1. The second-order valence-corrected chi connectivity index (χ2v) is 10.4. The minimum Gasteiger partial charge on any atom is -0.335 e. The van der Waals surface area contributed by atoms with Crippen molar-refractivity contribution >= 4 is 23.7 Å². The van der Waals surface area contributed by atoms with Gasteiger partial charge < -0.3 is 11.2 Å². The molecule has 4 N–H and O–H groups in total. The Kier molecular flexibility index (Phi) is 7.25. The van der Waals surface area contributed by atoms with Crippen molar-refractivity contribution in [1.82, 2.24) is 25.5 Å². The minimum atomic E-state index is -0.556. The van der Waals surface area contributed by atoms with E-state index in [1.54, 1.807) is 6.92 Å². The number of nitrogens with one attached hydrogen (secondary N) is 2. The molecule has 1 aromatic heterocycles. The number of aromatic nitrogens is 3. The van der Waals surface area contributed by atoms with Crippen molar-refractivity contribution in [3.05, 3.63) is 29.8 Å². The van der Waals surface area contributed by atoms with Gasteiger partial charge >= 0.3 is 6.03 Å². The third kappa shape index (κ3) is 6.00. The Bertz CT molecular complexity index is 913. The van der Waals surface area contributed by atoms with Crippen LogP contribution in [0.1, 0.15) is 65.4 Å². The molecule has 0 saturated heterocycles. The number of nitrogens with zero attached hydrogens (tertiary/aromatic N) is 3. The van der Waals surface area contributed by atoms with Gasteiger partial charge in [0.05, 0.1) is 5.25 Å². The number of carbonyl (C=O) groups is 2. The molecule has 3 amide bonds. The van der Waals surface area contributed by atoms with E-state index in [2.05, 4.69) is 53.7 Å². The average Bonchev–Trinajstić information content (AvgIpc) is 3.08. The van der Waals surface area contributed by atoms with Crippen molar-refractivity contribution in [3.8, 4) is 11.4 Å². The zero-order chi connectivity index (χ0) is 22.6. The second kappa shape index (κ2) is 9.72. The second-order valence-electron chi connectivity index (χ2n) is 9.06. The van der Waals surface area contributed by atoms with Crippen molar-refractivity contribution in [1.29, 1.82) is 0 Å². The molecule has 0 aliphatic heterocycles. The molecule has 9 heteroatoms. The highest BCUT2D eigenvalue weighted by atomic mass is 32.2. The quantitative estimate of drug-likeness (QED) is 0.479. The van der Waals surface area contributed by atoms with E-state index in [1.807, 2.05) is 12.1 Å². The van der Waals surface area contributed by atoms with Crippen LogP contribution in [0.5, 0.6) is 0 Å². The summed E-state index contributed by atoms with van der Waals surface area (Å²) in [7, 11) is 0. The third-order valence-electron chi connectivity index (χ3n) is 5.50. The predicted molar refractivity (Wildman–Crippen MR) is 123 cm³/mol. The van der Waals surface area contributed by atoms with E-state index in [1.165, 1.54) is 16.7 Å². The Hall–Kier alpha value is -2.55. The number of benzene rings is 1. The van der Waals surface area contributed by atoms with E-state index < -0.39 is 17.2 Å². The molecule has 1 heterocycles. The molecule has 0 spiro atoms. The summed E-state index contributed by atoms with van der Waals surface area (Å²) in [5.74, 6) is 6.32. The molecule has 1 saturated carbocycles. The molecule has 1 aliphatic rings. The van der Waals surface area contributed by atoms with Gasteiger partial charge in [-0.2, -0.15) is 0 Å². The summed E-state index contributed by atoms with van der Waals surface area (Å²) < 4.78 is 1.38. The van der Waals surface area contributed by atoms with Gasteiger partial charge in [0.15, 0.2) is 5.82 Å². The van der Waals surface area contributed by atoms with Crippen LogP contribution in [0.4, 0.5) is 4.79 Å². The van der Waals surface area contributed by atoms with Gasteiger partial charge in [0, 0.05) is 11.6 Å². The topological polar surface area (TPSA) is 115 Å². The molecule has 168 valence electrons. The molecular weight excluding hydrogens is 412 g/mol. The number of carbonyl (C=O) groups excluding carboxylic acids is 2. The number of amides is 3. The number of hydrogen-bond acceptors (Lipinski definition) is 6. The highest BCUT2D eigenvalue weighted by Gasteiger charge is 2.23. The number of urea groups is 1. The van der Waals surface area contributed by atoms with Gasteiger partial charge in [-0.25, -0.2) is 9.47 Å². The average molecular weight is 445 g/mol. The highest BCUT2D eigenvalue weighted by Crippen LogP contribution is 2.27. The fraction of sp³-hybridized carbons (Fsp3) is 0.545. The molecule has 2 aromatic rings. The van der Waals surface area contributed by atoms with Crippen molar-refractivity contribution in [2.75, 3.05) is 5.84 Å². The Labute approximate surface area is 187 Å². The van der Waals surface area contributed by atoms with Gasteiger partial charge in [0.25, 0.3) is 0 Å². The van der Waals surface area contributed by atoms with Crippen molar-refractivity contribution in [2.24, 2.45) is 0 Å². The number of rotatable bonds is 5. The SMILES string of the molecule is CC(Sc1nnc(-c2ccc(C(C)(C)C)cc2)n1N)C(=O)NC(=O)NC1CCCCC1. The van der Waals surface area contributed by atoms with Crippen LogP contribution in [0.15, 0.2) is 29.4 Å². The summed E-state index contributed by atoms with van der Waals surface area (Å²) in [4.78, 5) is 24.6. The number of imide groups is 1. The van der Waals surface area contributed by atoms with Gasteiger partial charge in [0.1, 0.15) is 0 Å². The van der Waals surface area contributed by atoms with E-state index >= 15 is 0 Å². The van der Waals surface area contributed by atoms with Crippen molar-refractivity contribution in [2.45, 2.75) is 81.7 Å². The van der Waals surface area contributed by atoms with Crippen LogP contribution in [0.2, 0.25) is 0 Å². The smallest absolute Gasteiger partial charge is 0.321 e. The summed E-state index contributed by atoms with van der Waals surface area (Å²) in [6, 6.07) is 7.74. The van der Waals surface area contributed by atoms with Crippen molar-refractivity contribution in [3.63, 3.8) is 0 Å². The molecule has 0 bridgehead atoms. The number of hydrogen-bond donors (Lipinski definition) is 3. The molecule has 31 heavy (non-hydrogen) atoms. The standard InChI is InChI=1S/C22H32N6O2S/c1-14(19(29)25-20(30)24-17-8-6-5-7-9-17)31-21-27-26-18(28(21)23)15-10-12-16(13-11-15)22(2,3)4/h10-14,17H,5-9,23H2,1-4H3,(H2,24,25,29,30). The summed E-state index contributed by atoms with van der Waals surface area (Å²) >= 11 is 1.16. The Morgan fingerprint density at radius 1 is 1.13 bits per heavy atom. The lowest BCUT2D eigenvalue weighted by Crippen LogP contribution is -2.47. The van der Waals surface area contributed by atoms with E-state index in [0.717, 1.165) is 43.0 Å². The summed E-state index contributed by atoms with van der Waals surface area (Å²) in [6.45, 7) is 8.18. The Morgan fingerprint density at radius 2 is 1.77 bits per heavy atom. The minimum absolute atomic E-state index is 0.0575. The van der Waals surface area contributed by atoms with Crippen LogP contribution in [0.3, 0.4) is 0 Å². The van der Waals surface area contributed by atoms with Crippen LogP contribution < -0.4 is 16.5 Å². The lowest BCUT2D eigenvalue weighted by Gasteiger charge is -2.23. The van der Waals surface area contributed by atoms with E-state index in [9.17, 15) is 9.59 Å². The van der Waals surface area contributed by atoms with Crippen LogP contribution in [-0.2, 0) is 10.2 Å². The van der Waals surface area contributed by atoms with Gasteiger partial charge in [0.2, 0.25) is 11.1 Å². The van der Waals surface area contributed by atoms with E-state index in [-0.39, 0.29) is 11.5 Å². The van der Waals surface area contributed by atoms with Crippen LogP contribution >= 0.6 is 11.8 Å². The van der Waals surface area contributed by atoms with Gasteiger partial charge in [-0.3, -0.25) is 10.1 Å². The molecule has 1 unspecified atom stereocenters. The van der Waals surface area contributed by atoms with E-state index in [0.29, 0.717) is 11.0 Å². The summed E-state index contributed by atoms with van der Waals surface area (Å²) in [5.41, 5.74) is 2.12. The predicted octanol–water partition coefficient (Wildman–Crippen LogP) is 3.60. The fourth-order valence-electron chi connectivity index (χ4n) is 3.57. The maximum atomic E-state index is 12.4. The monoisotopic (exact) mass is 444 g/mol. The Balaban J connectivity index is 1.59. The lowest BCUT2D eigenvalue weighted by molar-refractivity contribution is -0.119. The third-order valence-corrected chi connectivity index (χ3v) is 6.56. The van der Waals surface area contributed by atoms with Gasteiger partial charge in [-0.1, -0.05) is 76.1 Å².